The zero-order valence-corrected chi connectivity index (χ0v) is 12.9. The Balaban J connectivity index is 1.94. The van der Waals surface area contributed by atoms with E-state index in [9.17, 15) is 9.59 Å². The van der Waals surface area contributed by atoms with Gasteiger partial charge in [0.15, 0.2) is 6.61 Å². The van der Waals surface area contributed by atoms with Gasteiger partial charge < -0.3 is 15.2 Å². The third-order valence-corrected chi connectivity index (χ3v) is 4.04. The van der Waals surface area contributed by atoms with Crippen LogP contribution in [0.1, 0.15) is 22.9 Å². The topological polar surface area (TPSA) is 75.6 Å². The Morgan fingerprint density at radius 3 is 2.68 bits per heavy atom. The predicted molar refractivity (Wildman–Crippen MR) is 84.1 cm³/mol. The van der Waals surface area contributed by atoms with E-state index < -0.39 is 12.0 Å². The fourth-order valence-electron chi connectivity index (χ4n) is 1.98. The third-order valence-electron chi connectivity index (χ3n) is 3.05. The SMILES string of the molecule is Cc1ccccc1OCC(=O)NC(CC(=O)O)c1cccs1. The Bertz CT molecular complexity index is 639. The zero-order chi connectivity index (χ0) is 15.9. The van der Waals surface area contributed by atoms with Crippen LogP contribution in [0.15, 0.2) is 41.8 Å². The summed E-state index contributed by atoms with van der Waals surface area (Å²) in [6.07, 6.45) is -0.156. The minimum absolute atomic E-state index is 0.146. The number of rotatable bonds is 7. The van der Waals surface area contributed by atoms with Crippen LogP contribution in [0, 0.1) is 6.92 Å². The maximum absolute atomic E-state index is 12.0. The van der Waals surface area contributed by atoms with Crippen molar-refractivity contribution in [3.05, 3.63) is 52.2 Å². The van der Waals surface area contributed by atoms with Crippen LogP contribution >= 0.6 is 11.3 Å². The van der Waals surface area contributed by atoms with Crippen LogP contribution in [0.25, 0.3) is 0 Å². The molecule has 1 atom stereocenters. The van der Waals surface area contributed by atoms with Crippen molar-refractivity contribution < 1.29 is 19.4 Å². The summed E-state index contributed by atoms with van der Waals surface area (Å²) in [6, 6.07) is 10.5. The fourth-order valence-corrected chi connectivity index (χ4v) is 2.76. The highest BCUT2D eigenvalue weighted by Crippen LogP contribution is 2.22. The number of aliphatic carboxylic acids is 1. The minimum atomic E-state index is -0.960. The maximum atomic E-state index is 12.0. The molecule has 0 bridgehead atoms. The van der Waals surface area contributed by atoms with Crippen LogP contribution in [0.3, 0.4) is 0 Å². The molecule has 0 saturated heterocycles. The van der Waals surface area contributed by atoms with Gasteiger partial charge in [-0.3, -0.25) is 9.59 Å². The molecule has 116 valence electrons. The highest BCUT2D eigenvalue weighted by Gasteiger charge is 2.19. The molecule has 0 saturated carbocycles. The molecular weight excluding hydrogens is 302 g/mol. The van der Waals surface area contributed by atoms with Crippen molar-refractivity contribution in [2.75, 3.05) is 6.61 Å². The average Bonchev–Trinajstić information content (AvgIpc) is 2.99. The van der Waals surface area contributed by atoms with E-state index in [1.165, 1.54) is 11.3 Å². The number of ether oxygens (including phenoxy) is 1. The third kappa shape index (κ3) is 4.60. The van der Waals surface area contributed by atoms with Gasteiger partial charge >= 0.3 is 5.97 Å². The molecule has 0 fully saturated rings. The van der Waals surface area contributed by atoms with Crippen molar-refractivity contribution in [2.24, 2.45) is 0 Å². The van der Waals surface area contributed by atoms with Crippen LogP contribution in [-0.2, 0) is 9.59 Å². The van der Waals surface area contributed by atoms with E-state index in [0.29, 0.717) is 5.75 Å². The van der Waals surface area contributed by atoms with E-state index in [1.807, 2.05) is 36.6 Å². The summed E-state index contributed by atoms with van der Waals surface area (Å²) in [4.78, 5) is 23.7. The van der Waals surface area contributed by atoms with Crippen molar-refractivity contribution in [3.63, 3.8) is 0 Å². The van der Waals surface area contributed by atoms with E-state index >= 15 is 0 Å². The number of para-hydroxylation sites is 1. The summed E-state index contributed by atoms with van der Waals surface area (Å²) in [6.45, 7) is 1.75. The molecule has 2 rings (SSSR count). The number of amides is 1. The quantitative estimate of drug-likeness (QED) is 0.823. The van der Waals surface area contributed by atoms with Gasteiger partial charge in [0.1, 0.15) is 5.75 Å². The number of hydrogen-bond acceptors (Lipinski definition) is 4. The maximum Gasteiger partial charge on any atom is 0.305 e. The molecule has 0 aliphatic rings. The Morgan fingerprint density at radius 1 is 1.27 bits per heavy atom. The molecule has 22 heavy (non-hydrogen) atoms. The second-order valence-corrected chi connectivity index (χ2v) is 5.77. The Hall–Kier alpha value is -2.34. The first-order valence-electron chi connectivity index (χ1n) is 6.79. The molecule has 1 unspecified atom stereocenters. The van der Waals surface area contributed by atoms with Crippen molar-refractivity contribution >= 4 is 23.2 Å². The Labute approximate surface area is 132 Å². The van der Waals surface area contributed by atoms with Crippen molar-refractivity contribution in [2.45, 2.75) is 19.4 Å². The molecule has 1 aromatic carbocycles. The van der Waals surface area contributed by atoms with Crippen LogP contribution < -0.4 is 10.1 Å². The summed E-state index contributed by atoms with van der Waals surface area (Å²) in [7, 11) is 0. The molecule has 0 spiro atoms. The summed E-state index contributed by atoms with van der Waals surface area (Å²) in [5, 5.41) is 13.5. The first kappa shape index (κ1) is 16.0. The first-order chi connectivity index (χ1) is 10.6. The number of carbonyl (C=O) groups is 2. The van der Waals surface area contributed by atoms with Crippen molar-refractivity contribution in [3.8, 4) is 5.75 Å². The van der Waals surface area contributed by atoms with Gasteiger partial charge in [-0.15, -0.1) is 11.3 Å². The van der Waals surface area contributed by atoms with E-state index in [2.05, 4.69) is 5.32 Å². The molecular formula is C16H17NO4S. The molecule has 6 heteroatoms. The van der Waals surface area contributed by atoms with Gasteiger partial charge in [0.2, 0.25) is 0 Å². The summed E-state index contributed by atoms with van der Waals surface area (Å²) < 4.78 is 5.47. The second kappa shape index (κ2) is 7.61. The number of benzene rings is 1. The lowest BCUT2D eigenvalue weighted by atomic mass is 10.1. The van der Waals surface area contributed by atoms with Crippen molar-refractivity contribution in [1.29, 1.82) is 0 Å². The first-order valence-corrected chi connectivity index (χ1v) is 7.67. The fraction of sp³-hybridized carbons (Fsp3) is 0.250. The molecule has 1 aromatic heterocycles. The molecule has 2 aromatic rings. The lowest BCUT2D eigenvalue weighted by molar-refractivity contribution is -0.137. The van der Waals surface area contributed by atoms with Gasteiger partial charge in [-0.1, -0.05) is 24.3 Å². The zero-order valence-electron chi connectivity index (χ0n) is 12.1. The number of aryl methyl sites for hydroxylation is 1. The summed E-state index contributed by atoms with van der Waals surface area (Å²) >= 11 is 1.41. The van der Waals surface area contributed by atoms with Gasteiger partial charge in [-0.2, -0.15) is 0 Å². The van der Waals surface area contributed by atoms with E-state index in [-0.39, 0.29) is 18.9 Å². The second-order valence-electron chi connectivity index (χ2n) is 4.79. The summed E-state index contributed by atoms with van der Waals surface area (Å²) in [5.41, 5.74) is 0.940. The van der Waals surface area contributed by atoms with Crippen molar-refractivity contribution in [1.82, 2.24) is 5.32 Å². The normalized spacial score (nSPS) is 11.7. The number of thiophene rings is 1. The Morgan fingerprint density at radius 2 is 2.05 bits per heavy atom. The Kier molecular flexibility index (Phi) is 5.55. The largest absolute Gasteiger partial charge is 0.484 e. The molecule has 1 heterocycles. The number of carboxylic acid groups (broad SMARTS) is 1. The lowest BCUT2D eigenvalue weighted by Crippen LogP contribution is -2.33. The summed E-state index contributed by atoms with van der Waals surface area (Å²) in [5.74, 6) is -0.662. The standard InChI is InChI=1S/C16H17NO4S/c1-11-5-2-3-6-13(11)21-10-15(18)17-12(9-16(19)20)14-7-4-8-22-14/h2-8,12H,9-10H2,1H3,(H,17,18)(H,19,20). The average molecular weight is 319 g/mol. The molecule has 5 nitrogen and oxygen atoms in total. The predicted octanol–water partition coefficient (Wildman–Crippen LogP) is 2.77. The molecule has 0 aliphatic carbocycles. The highest BCUT2D eigenvalue weighted by molar-refractivity contribution is 7.10. The van der Waals surface area contributed by atoms with E-state index in [1.54, 1.807) is 12.1 Å². The van der Waals surface area contributed by atoms with Gasteiger partial charge in [-0.25, -0.2) is 0 Å². The van der Waals surface area contributed by atoms with E-state index in [4.69, 9.17) is 9.84 Å². The lowest BCUT2D eigenvalue weighted by Gasteiger charge is -2.16. The molecule has 1 amide bonds. The monoisotopic (exact) mass is 319 g/mol. The number of carboxylic acids is 1. The van der Waals surface area contributed by atoms with Crippen LogP contribution in [-0.4, -0.2) is 23.6 Å². The smallest absolute Gasteiger partial charge is 0.305 e. The van der Waals surface area contributed by atoms with Crippen LogP contribution in [0.4, 0.5) is 0 Å². The highest BCUT2D eigenvalue weighted by atomic mass is 32.1. The van der Waals surface area contributed by atoms with Gasteiger partial charge in [0.25, 0.3) is 5.91 Å². The number of carbonyl (C=O) groups excluding carboxylic acids is 1. The molecule has 0 aliphatic heterocycles. The van der Waals surface area contributed by atoms with Gasteiger partial charge in [-0.05, 0) is 30.0 Å². The minimum Gasteiger partial charge on any atom is -0.484 e. The number of hydrogen-bond donors (Lipinski definition) is 2. The number of nitrogens with one attached hydrogen (secondary N) is 1. The molecule has 0 radical (unpaired) electrons. The van der Waals surface area contributed by atoms with Gasteiger partial charge in [0, 0.05) is 4.88 Å². The van der Waals surface area contributed by atoms with Gasteiger partial charge in [0.05, 0.1) is 12.5 Å². The van der Waals surface area contributed by atoms with E-state index in [0.717, 1.165) is 10.4 Å². The van der Waals surface area contributed by atoms with Crippen LogP contribution in [0.5, 0.6) is 5.75 Å². The van der Waals surface area contributed by atoms with Crippen LogP contribution in [0.2, 0.25) is 0 Å². The molecule has 2 N–H and O–H groups in total.